The molecule has 0 unspecified atom stereocenters. The Morgan fingerprint density at radius 3 is 1.43 bits per heavy atom. The van der Waals surface area contributed by atoms with Crippen LogP contribution in [0.25, 0.3) is 78.3 Å². The van der Waals surface area contributed by atoms with Crippen molar-refractivity contribution in [2.24, 2.45) is 0 Å². The van der Waals surface area contributed by atoms with Crippen molar-refractivity contribution < 1.29 is 0 Å². The number of benzene rings is 7. The van der Waals surface area contributed by atoms with Crippen LogP contribution in [-0.4, -0.2) is 15.0 Å². The SMILES string of the molecule is CC1(C)c2cc(-c3ccccc3)ccc2-c2c1cc1ccccc1c2-c1ccc(-c2nc(-c3ccccc3)nc(-c3ccccc3)n2)cc1. The summed E-state index contributed by atoms with van der Waals surface area (Å²) in [6, 6.07) is 57.9. The molecule has 232 valence electrons. The summed E-state index contributed by atoms with van der Waals surface area (Å²) < 4.78 is 0. The summed E-state index contributed by atoms with van der Waals surface area (Å²) in [5.41, 5.74) is 13.0. The number of hydrogen-bond donors (Lipinski definition) is 0. The van der Waals surface area contributed by atoms with Gasteiger partial charge in [0.15, 0.2) is 17.5 Å². The van der Waals surface area contributed by atoms with Crippen molar-refractivity contribution in [3.63, 3.8) is 0 Å². The van der Waals surface area contributed by atoms with Gasteiger partial charge in [0, 0.05) is 22.1 Å². The molecular formula is C46H33N3. The first-order valence-electron chi connectivity index (χ1n) is 16.8. The first kappa shape index (κ1) is 29.0. The average molecular weight is 628 g/mol. The van der Waals surface area contributed by atoms with E-state index in [4.69, 9.17) is 15.0 Å². The fourth-order valence-electron chi connectivity index (χ4n) is 7.38. The second kappa shape index (κ2) is 11.5. The van der Waals surface area contributed by atoms with E-state index in [1.165, 1.54) is 55.3 Å². The molecule has 1 aliphatic carbocycles. The van der Waals surface area contributed by atoms with Crippen LogP contribution in [0.3, 0.4) is 0 Å². The minimum atomic E-state index is -0.152. The molecule has 9 rings (SSSR count). The van der Waals surface area contributed by atoms with E-state index in [0.29, 0.717) is 17.5 Å². The Kier molecular flexibility index (Phi) is 6.80. The summed E-state index contributed by atoms with van der Waals surface area (Å²) in [5.74, 6) is 1.98. The minimum Gasteiger partial charge on any atom is -0.208 e. The lowest BCUT2D eigenvalue weighted by Crippen LogP contribution is -2.15. The normalized spacial score (nSPS) is 12.9. The minimum absolute atomic E-state index is 0.152. The van der Waals surface area contributed by atoms with E-state index in [1.807, 2.05) is 60.7 Å². The Labute approximate surface area is 286 Å². The van der Waals surface area contributed by atoms with Crippen molar-refractivity contribution >= 4 is 10.8 Å². The van der Waals surface area contributed by atoms with Gasteiger partial charge in [0.1, 0.15) is 0 Å². The fourth-order valence-corrected chi connectivity index (χ4v) is 7.38. The van der Waals surface area contributed by atoms with E-state index in [2.05, 4.69) is 117 Å². The van der Waals surface area contributed by atoms with Gasteiger partial charge in [-0.1, -0.05) is 166 Å². The highest BCUT2D eigenvalue weighted by Crippen LogP contribution is 2.55. The van der Waals surface area contributed by atoms with Crippen molar-refractivity contribution in [2.75, 3.05) is 0 Å². The Balaban J connectivity index is 1.20. The first-order valence-corrected chi connectivity index (χ1v) is 16.8. The molecule has 0 aliphatic heterocycles. The van der Waals surface area contributed by atoms with Gasteiger partial charge in [0.2, 0.25) is 0 Å². The van der Waals surface area contributed by atoms with Crippen LogP contribution in [0.4, 0.5) is 0 Å². The Morgan fingerprint density at radius 2 is 0.837 bits per heavy atom. The molecule has 0 fully saturated rings. The highest BCUT2D eigenvalue weighted by molar-refractivity contribution is 6.08. The zero-order valence-electron chi connectivity index (χ0n) is 27.4. The Morgan fingerprint density at radius 1 is 0.367 bits per heavy atom. The average Bonchev–Trinajstić information content (AvgIpc) is 3.39. The second-order valence-corrected chi connectivity index (χ2v) is 13.3. The maximum Gasteiger partial charge on any atom is 0.164 e. The molecule has 1 heterocycles. The summed E-state index contributed by atoms with van der Waals surface area (Å²) in [6.45, 7) is 4.73. The van der Waals surface area contributed by atoms with Crippen LogP contribution in [0.5, 0.6) is 0 Å². The van der Waals surface area contributed by atoms with Gasteiger partial charge in [-0.25, -0.2) is 15.0 Å². The van der Waals surface area contributed by atoms with Gasteiger partial charge in [-0.05, 0) is 67.4 Å². The third-order valence-corrected chi connectivity index (χ3v) is 9.92. The molecule has 0 atom stereocenters. The number of rotatable bonds is 5. The van der Waals surface area contributed by atoms with Gasteiger partial charge in [0.05, 0.1) is 0 Å². The smallest absolute Gasteiger partial charge is 0.164 e. The van der Waals surface area contributed by atoms with Crippen LogP contribution in [0, 0.1) is 0 Å². The first-order chi connectivity index (χ1) is 24.0. The predicted molar refractivity (Wildman–Crippen MR) is 202 cm³/mol. The standard InChI is InChI=1S/C46H33N3/c1-46(2)39-28-35(30-14-6-3-7-15-30)26-27-38(39)42-40(46)29-36-20-12-13-21-37(36)41(42)31-22-24-34(25-23-31)45-48-43(32-16-8-4-9-17-32)47-44(49-45)33-18-10-5-11-19-33/h3-29H,1-2H3. The molecule has 1 aromatic heterocycles. The molecule has 0 saturated carbocycles. The van der Waals surface area contributed by atoms with Crippen molar-refractivity contribution in [2.45, 2.75) is 19.3 Å². The molecular weight excluding hydrogens is 595 g/mol. The van der Waals surface area contributed by atoms with Gasteiger partial charge in [0.25, 0.3) is 0 Å². The summed E-state index contributed by atoms with van der Waals surface area (Å²) in [6.07, 6.45) is 0. The lowest BCUT2D eigenvalue weighted by Gasteiger charge is -2.23. The molecule has 1 aliphatic rings. The summed E-state index contributed by atoms with van der Waals surface area (Å²) in [7, 11) is 0. The number of aromatic nitrogens is 3. The highest BCUT2D eigenvalue weighted by atomic mass is 15.0. The third-order valence-electron chi connectivity index (χ3n) is 9.92. The highest BCUT2D eigenvalue weighted by Gasteiger charge is 2.38. The topological polar surface area (TPSA) is 38.7 Å². The molecule has 0 amide bonds. The van der Waals surface area contributed by atoms with Gasteiger partial charge in [-0.15, -0.1) is 0 Å². The second-order valence-electron chi connectivity index (χ2n) is 13.3. The predicted octanol–water partition coefficient (Wildman–Crippen LogP) is 11.7. The Bertz CT molecular complexity index is 2430. The lowest BCUT2D eigenvalue weighted by atomic mass is 9.80. The van der Waals surface area contributed by atoms with E-state index < -0.39 is 0 Å². The largest absolute Gasteiger partial charge is 0.208 e. The fraction of sp³-hybridized carbons (Fsp3) is 0.0652. The van der Waals surface area contributed by atoms with Crippen molar-refractivity contribution in [1.82, 2.24) is 15.0 Å². The molecule has 0 radical (unpaired) electrons. The van der Waals surface area contributed by atoms with Crippen molar-refractivity contribution in [3.8, 4) is 67.5 Å². The molecule has 0 N–H and O–H groups in total. The van der Waals surface area contributed by atoms with Crippen LogP contribution in [0.15, 0.2) is 164 Å². The molecule has 49 heavy (non-hydrogen) atoms. The summed E-state index contributed by atoms with van der Waals surface area (Å²) in [4.78, 5) is 14.8. The third kappa shape index (κ3) is 4.94. The monoisotopic (exact) mass is 627 g/mol. The van der Waals surface area contributed by atoms with E-state index in [1.54, 1.807) is 0 Å². The zero-order valence-corrected chi connectivity index (χ0v) is 27.4. The van der Waals surface area contributed by atoms with Crippen LogP contribution in [0.1, 0.15) is 25.0 Å². The summed E-state index contributed by atoms with van der Waals surface area (Å²) >= 11 is 0. The maximum absolute atomic E-state index is 4.97. The molecule has 8 aromatic rings. The van der Waals surface area contributed by atoms with E-state index in [0.717, 1.165) is 16.7 Å². The van der Waals surface area contributed by atoms with Gasteiger partial charge in [-0.2, -0.15) is 0 Å². The Hall–Kier alpha value is -6.19. The summed E-state index contributed by atoms with van der Waals surface area (Å²) in [5, 5.41) is 2.50. The number of hydrogen-bond acceptors (Lipinski definition) is 3. The lowest BCUT2D eigenvalue weighted by molar-refractivity contribution is 0.661. The van der Waals surface area contributed by atoms with Crippen LogP contribution in [-0.2, 0) is 5.41 Å². The number of nitrogens with zero attached hydrogens (tertiary/aromatic N) is 3. The van der Waals surface area contributed by atoms with Crippen LogP contribution < -0.4 is 0 Å². The number of fused-ring (bicyclic) bond motifs is 4. The zero-order chi connectivity index (χ0) is 33.0. The molecule has 0 spiro atoms. The van der Waals surface area contributed by atoms with E-state index >= 15 is 0 Å². The van der Waals surface area contributed by atoms with Gasteiger partial charge in [-0.3, -0.25) is 0 Å². The van der Waals surface area contributed by atoms with E-state index in [-0.39, 0.29) is 5.41 Å². The van der Waals surface area contributed by atoms with E-state index in [9.17, 15) is 0 Å². The van der Waals surface area contributed by atoms with Crippen LogP contribution >= 0.6 is 0 Å². The quantitative estimate of drug-likeness (QED) is 0.191. The van der Waals surface area contributed by atoms with Crippen LogP contribution in [0.2, 0.25) is 0 Å². The maximum atomic E-state index is 4.97. The molecule has 0 saturated heterocycles. The van der Waals surface area contributed by atoms with Gasteiger partial charge < -0.3 is 0 Å². The molecule has 7 aromatic carbocycles. The molecule has 3 heteroatoms. The van der Waals surface area contributed by atoms with Crippen molar-refractivity contribution in [3.05, 3.63) is 175 Å². The molecule has 3 nitrogen and oxygen atoms in total. The van der Waals surface area contributed by atoms with Gasteiger partial charge >= 0.3 is 0 Å². The molecule has 0 bridgehead atoms. The van der Waals surface area contributed by atoms with Crippen molar-refractivity contribution in [1.29, 1.82) is 0 Å².